The second-order valence-corrected chi connectivity index (χ2v) is 8.32. The van der Waals surface area contributed by atoms with Crippen LogP contribution < -0.4 is 0 Å². The van der Waals surface area contributed by atoms with Crippen molar-refractivity contribution in [1.82, 2.24) is 4.48 Å². The van der Waals surface area contributed by atoms with E-state index >= 15 is 8.63 Å². The minimum atomic E-state index is -4.11. The average molecular weight is 537 g/mol. The average Bonchev–Trinajstić information content (AvgIpc) is 3.11. The van der Waals surface area contributed by atoms with E-state index in [0.717, 1.165) is 8.96 Å². The highest BCUT2D eigenvalue weighted by atomic mass is 79.9. The number of halogens is 6. The van der Waals surface area contributed by atoms with Crippen molar-refractivity contribution in [2.45, 2.75) is 6.92 Å². The summed E-state index contributed by atoms with van der Waals surface area (Å²) in [5.74, 6) is -0.435. The second-order valence-electron chi connectivity index (χ2n) is 5.84. The number of hydrogen-bond donors (Lipinski definition) is 0. The summed E-state index contributed by atoms with van der Waals surface area (Å²) < 4.78 is 48.1. The molecule has 2 nitrogen and oxygen atoms in total. The fraction of sp³-hybridized carbons (Fsp3) is 0.0625. The zero-order chi connectivity index (χ0) is 18.1. The number of nitrogens with zero attached hydrogens (tertiary/aromatic N) is 2. The van der Waals surface area contributed by atoms with Gasteiger partial charge in [-0.1, -0.05) is 22.0 Å². The predicted octanol–water partition coefficient (Wildman–Crippen LogP) is 5.83. The summed E-state index contributed by atoms with van der Waals surface area (Å²) in [4.78, 5) is 0. The van der Waals surface area contributed by atoms with Crippen LogP contribution in [0.15, 0.2) is 51.2 Å². The van der Waals surface area contributed by atoms with Crippen molar-refractivity contribution in [3.8, 4) is 0 Å². The molecule has 2 aromatic rings. The highest BCUT2D eigenvalue weighted by Gasteiger charge is 2.54. The summed E-state index contributed by atoms with van der Waals surface area (Å²) in [6, 6.07) is 6.50. The first-order chi connectivity index (χ1) is 11.7. The number of allylic oxidation sites excluding steroid dienone is 2. The number of aromatic nitrogens is 1. The number of hydrogen-bond acceptors (Lipinski definition) is 0. The van der Waals surface area contributed by atoms with E-state index < -0.39 is 12.8 Å². The monoisotopic (exact) mass is 534 g/mol. The summed E-state index contributed by atoms with van der Waals surface area (Å²) in [7, 11) is 0. The Kier molecular flexibility index (Phi) is 3.97. The number of fused-ring (bicyclic) bond motifs is 2. The van der Waals surface area contributed by atoms with Crippen LogP contribution in [0.25, 0.3) is 5.57 Å². The lowest BCUT2D eigenvalue weighted by atomic mass is 9.86. The van der Waals surface area contributed by atoms with Crippen LogP contribution in [0.1, 0.15) is 16.8 Å². The topological polar surface area (TPSA) is 7.94 Å². The third-order valence-electron chi connectivity index (χ3n) is 4.40. The molecule has 0 saturated heterocycles. The first-order valence-electron chi connectivity index (χ1n) is 7.34. The molecular formula is C16H9BBr3F3N2. The Morgan fingerprint density at radius 3 is 2.48 bits per heavy atom. The Hall–Kier alpha value is -1.06. The summed E-state index contributed by atoms with van der Waals surface area (Å²) in [6.45, 7) is -2.46. The van der Waals surface area contributed by atoms with E-state index in [-0.39, 0.29) is 26.2 Å². The van der Waals surface area contributed by atoms with E-state index in [4.69, 9.17) is 0 Å². The van der Waals surface area contributed by atoms with Crippen LogP contribution in [0.4, 0.5) is 13.0 Å². The smallest absolute Gasteiger partial charge is 0.389 e. The van der Waals surface area contributed by atoms with Gasteiger partial charge in [0, 0.05) is 43.8 Å². The van der Waals surface area contributed by atoms with Crippen molar-refractivity contribution in [3.63, 3.8) is 0 Å². The van der Waals surface area contributed by atoms with Crippen LogP contribution in [-0.2, 0) is 0 Å². The van der Waals surface area contributed by atoms with Gasteiger partial charge in [0.05, 0.1) is 10.2 Å². The first kappa shape index (κ1) is 17.4. The highest BCUT2D eigenvalue weighted by Crippen LogP contribution is 2.44. The van der Waals surface area contributed by atoms with Crippen molar-refractivity contribution in [3.05, 3.63) is 73.8 Å². The molecule has 0 saturated carbocycles. The molecule has 0 spiro atoms. The van der Waals surface area contributed by atoms with Crippen molar-refractivity contribution in [2.75, 3.05) is 0 Å². The van der Waals surface area contributed by atoms with Crippen LogP contribution in [0.3, 0.4) is 0 Å². The van der Waals surface area contributed by atoms with Gasteiger partial charge < -0.3 is 17.6 Å². The van der Waals surface area contributed by atoms with Crippen LogP contribution in [-0.4, -0.2) is 20.6 Å². The van der Waals surface area contributed by atoms with Crippen LogP contribution in [0, 0.1) is 12.7 Å². The van der Waals surface area contributed by atoms with E-state index in [2.05, 4.69) is 47.8 Å². The Bertz CT molecular complexity index is 1040. The fourth-order valence-electron chi connectivity index (χ4n) is 3.27. The third-order valence-corrected chi connectivity index (χ3v) is 6.36. The minimum Gasteiger partial charge on any atom is -0.389 e. The molecular weight excluding hydrogens is 528 g/mol. The van der Waals surface area contributed by atoms with E-state index in [9.17, 15) is 4.39 Å². The molecule has 1 aromatic heterocycles. The molecule has 0 amide bonds. The molecule has 0 radical (unpaired) electrons. The van der Waals surface area contributed by atoms with Crippen molar-refractivity contribution in [2.24, 2.45) is 0 Å². The van der Waals surface area contributed by atoms with Crippen molar-refractivity contribution < 1.29 is 17.5 Å². The van der Waals surface area contributed by atoms with E-state index in [1.807, 2.05) is 0 Å². The number of benzene rings is 1. The van der Waals surface area contributed by atoms with Gasteiger partial charge in [-0.05, 0) is 46.6 Å². The Morgan fingerprint density at radius 1 is 1.04 bits per heavy atom. The molecule has 0 aliphatic carbocycles. The third kappa shape index (κ3) is 2.31. The summed E-state index contributed by atoms with van der Waals surface area (Å²) in [6.07, 6.45) is 3.13. The molecule has 2 aliphatic rings. The van der Waals surface area contributed by atoms with Gasteiger partial charge >= 0.3 is 6.97 Å². The molecule has 3 heterocycles. The van der Waals surface area contributed by atoms with Crippen molar-refractivity contribution >= 4 is 65.0 Å². The molecule has 0 N–H and O–H groups in total. The molecule has 0 unspecified atom stereocenters. The van der Waals surface area contributed by atoms with Gasteiger partial charge in [0.2, 0.25) is 4.62 Å². The van der Waals surface area contributed by atoms with E-state index in [1.165, 1.54) is 0 Å². The molecule has 1 aromatic carbocycles. The quantitative estimate of drug-likeness (QED) is 0.405. The lowest BCUT2D eigenvalue weighted by Crippen LogP contribution is -2.50. The van der Waals surface area contributed by atoms with Gasteiger partial charge in [0.15, 0.2) is 5.70 Å². The Morgan fingerprint density at radius 2 is 1.76 bits per heavy atom. The Balaban J connectivity index is 2.18. The van der Waals surface area contributed by atoms with E-state index in [1.54, 1.807) is 43.3 Å². The zero-order valence-electron chi connectivity index (χ0n) is 12.7. The molecule has 0 bridgehead atoms. The van der Waals surface area contributed by atoms with Gasteiger partial charge in [0.25, 0.3) is 0 Å². The van der Waals surface area contributed by atoms with Crippen LogP contribution in [0.5, 0.6) is 0 Å². The first-order valence-corrected chi connectivity index (χ1v) is 9.71. The lowest BCUT2D eigenvalue weighted by molar-refractivity contribution is -0.358. The van der Waals surface area contributed by atoms with E-state index in [0.29, 0.717) is 15.6 Å². The molecule has 25 heavy (non-hydrogen) atoms. The molecule has 0 fully saturated rings. The largest absolute Gasteiger partial charge is 0.738 e. The Labute approximate surface area is 167 Å². The zero-order valence-corrected chi connectivity index (χ0v) is 17.5. The summed E-state index contributed by atoms with van der Waals surface area (Å²) in [5.41, 5.74) is 1.66. The summed E-state index contributed by atoms with van der Waals surface area (Å²) in [5, 5.41) is 0. The molecule has 0 atom stereocenters. The summed E-state index contributed by atoms with van der Waals surface area (Å²) >= 11 is 9.77. The standard InChI is InChI=1S/C16H9BBr3F3N2/c1-8-2-3-9(18)14(16(8)21)15-10-4-6-12(19)24(10)17(22,23)25-11(15)5-7-13(25)20/h2-7H,1H3. The normalized spacial score (nSPS) is 18.0. The van der Waals surface area contributed by atoms with Gasteiger partial charge in [-0.25, -0.2) is 4.39 Å². The molecule has 4 rings (SSSR count). The van der Waals surface area contributed by atoms with Gasteiger partial charge in [-0.3, -0.25) is 0 Å². The second kappa shape index (κ2) is 5.72. The van der Waals surface area contributed by atoms with Gasteiger partial charge in [0.1, 0.15) is 5.82 Å². The fourth-order valence-corrected chi connectivity index (χ4v) is 4.92. The maximum atomic E-state index is 15.2. The number of aryl methyl sites for hydroxylation is 1. The molecule has 9 heteroatoms. The highest BCUT2D eigenvalue weighted by molar-refractivity contribution is 9.18. The maximum Gasteiger partial charge on any atom is 0.738 e. The maximum absolute atomic E-state index is 15.2. The molecule has 128 valence electrons. The van der Waals surface area contributed by atoms with Crippen molar-refractivity contribution in [1.29, 1.82) is 0 Å². The van der Waals surface area contributed by atoms with Gasteiger partial charge in [-0.2, -0.15) is 0 Å². The van der Waals surface area contributed by atoms with Crippen LogP contribution >= 0.6 is 47.8 Å². The van der Waals surface area contributed by atoms with Gasteiger partial charge in [-0.15, -0.1) is 0 Å². The SMILES string of the molecule is Cc1ccc(Br)c(C2=C3C=CC(Br)=[N+]3[B-](F)(F)n3c(Br)ccc32)c1F. The number of rotatable bonds is 1. The minimum absolute atomic E-state index is 0.237. The lowest BCUT2D eigenvalue weighted by Gasteiger charge is -2.32. The predicted molar refractivity (Wildman–Crippen MR) is 104 cm³/mol. The molecule has 2 aliphatic heterocycles. The van der Waals surface area contributed by atoms with Crippen LogP contribution in [0.2, 0.25) is 0 Å².